The topological polar surface area (TPSA) is 69.1 Å². The Hall–Kier alpha value is -1.39. The number of halogens is 1. The molecule has 0 bridgehead atoms. The van der Waals surface area contributed by atoms with Crippen molar-refractivity contribution >= 4 is 5.91 Å². The van der Waals surface area contributed by atoms with Gasteiger partial charge in [0.05, 0.1) is 0 Å². The maximum atomic E-state index is 11.7. The minimum Gasteiger partial charge on any atom is -0.364 e. The van der Waals surface area contributed by atoms with E-state index in [0.717, 1.165) is 0 Å². The van der Waals surface area contributed by atoms with E-state index in [9.17, 15) is 9.18 Å². The standard InChI is InChI=1S/C5H5FN2O2/c6-2-3-1-4(5(7)9)8-10-3/h1H,2H2,(H2,7,9). The van der Waals surface area contributed by atoms with Gasteiger partial charge in [0.1, 0.15) is 6.67 Å². The molecule has 1 aromatic rings. The first-order valence-electron chi connectivity index (χ1n) is 2.55. The molecule has 0 aliphatic rings. The Bertz CT molecular complexity index is 246. The van der Waals surface area contributed by atoms with Crippen LogP contribution in [0.4, 0.5) is 4.39 Å². The fourth-order valence-corrected chi connectivity index (χ4v) is 0.492. The summed E-state index contributed by atoms with van der Waals surface area (Å²) in [5.74, 6) is -0.711. The Morgan fingerprint density at radius 2 is 2.60 bits per heavy atom. The third-order valence-electron chi connectivity index (χ3n) is 0.943. The van der Waals surface area contributed by atoms with Crippen molar-refractivity contribution in [1.82, 2.24) is 5.16 Å². The summed E-state index contributed by atoms with van der Waals surface area (Å²) < 4.78 is 16.1. The van der Waals surface area contributed by atoms with Crippen LogP contribution in [0, 0.1) is 0 Å². The van der Waals surface area contributed by atoms with Gasteiger partial charge in [-0.25, -0.2) is 4.39 Å². The second kappa shape index (κ2) is 2.47. The van der Waals surface area contributed by atoms with Gasteiger partial charge in [0.25, 0.3) is 5.91 Å². The second-order valence-corrected chi connectivity index (χ2v) is 1.68. The number of rotatable bonds is 2. The molecular formula is C5H5FN2O2. The first-order chi connectivity index (χ1) is 4.74. The average molecular weight is 144 g/mol. The molecule has 0 atom stereocenters. The number of nitrogens with zero attached hydrogens (tertiary/aromatic N) is 1. The molecule has 1 heterocycles. The third-order valence-corrected chi connectivity index (χ3v) is 0.943. The highest BCUT2D eigenvalue weighted by Crippen LogP contribution is 2.03. The molecule has 1 aromatic heterocycles. The van der Waals surface area contributed by atoms with Crippen LogP contribution >= 0.6 is 0 Å². The monoisotopic (exact) mass is 144 g/mol. The zero-order valence-electron chi connectivity index (χ0n) is 5.00. The van der Waals surface area contributed by atoms with Gasteiger partial charge in [-0.2, -0.15) is 0 Å². The van der Waals surface area contributed by atoms with Crippen LogP contribution in [-0.2, 0) is 6.67 Å². The lowest BCUT2D eigenvalue weighted by Crippen LogP contribution is -2.10. The lowest BCUT2D eigenvalue weighted by atomic mass is 10.4. The normalized spacial score (nSPS) is 9.70. The molecule has 1 amide bonds. The molecule has 0 saturated heterocycles. The highest BCUT2D eigenvalue weighted by Gasteiger charge is 2.07. The number of hydrogen-bond donors (Lipinski definition) is 1. The van der Waals surface area contributed by atoms with Crippen molar-refractivity contribution in [3.63, 3.8) is 0 Å². The van der Waals surface area contributed by atoms with Crippen molar-refractivity contribution in [2.45, 2.75) is 6.67 Å². The van der Waals surface area contributed by atoms with Crippen molar-refractivity contribution in [3.8, 4) is 0 Å². The second-order valence-electron chi connectivity index (χ2n) is 1.68. The van der Waals surface area contributed by atoms with E-state index in [0.29, 0.717) is 0 Å². The van der Waals surface area contributed by atoms with Gasteiger partial charge < -0.3 is 10.3 Å². The minimum atomic E-state index is -0.777. The molecule has 0 radical (unpaired) electrons. The van der Waals surface area contributed by atoms with E-state index >= 15 is 0 Å². The number of amides is 1. The van der Waals surface area contributed by atoms with Crippen molar-refractivity contribution in [1.29, 1.82) is 0 Å². The summed E-state index contributed by atoms with van der Waals surface area (Å²) in [6.07, 6.45) is 0. The molecule has 0 aromatic carbocycles. The van der Waals surface area contributed by atoms with Crippen LogP contribution in [0.5, 0.6) is 0 Å². The Morgan fingerprint density at radius 3 is 2.90 bits per heavy atom. The van der Waals surface area contributed by atoms with Crippen LogP contribution < -0.4 is 5.73 Å². The number of carbonyl (C=O) groups is 1. The quantitative estimate of drug-likeness (QED) is 0.646. The van der Waals surface area contributed by atoms with E-state index < -0.39 is 12.6 Å². The van der Waals surface area contributed by atoms with Gasteiger partial charge >= 0.3 is 0 Å². The number of carbonyl (C=O) groups excluding carboxylic acids is 1. The molecule has 4 nitrogen and oxygen atoms in total. The molecule has 0 aliphatic carbocycles. The highest BCUT2D eigenvalue weighted by atomic mass is 19.1. The summed E-state index contributed by atoms with van der Waals surface area (Å²) in [5.41, 5.74) is 4.75. The van der Waals surface area contributed by atoms with Crippen LogP contribution in [0.15, 0.2) is 10.6 Å². The van der Waals surface area contributed by atoms with Crippen LogP contribution in [0.2, 0.25) is 0 Å². The fourth-order valence-electron chi connectivity index (χ4n) is 0.492. The smallest absolute Gasteiger partial charge is 0.270 e. The molecular weight excluding hydrogens is 139 g/mol. The average Bonchev–Trinajstić information content (AvgIpc) is 2.34. The Kier molecular flexibility index (Phi) is 1.66. The molecule has 1 rings (SSSR count). The van der Waals surface area contributed by atoms with E-state index in [1.165, 1.54) is 6.07 Å². The maximum Gasteiger partial charge on any atom is 0.270 e. The highest BCUT2D eigenvalue weighted by molar-refractivity contribution is 5.90. The van der Waals surface area contributed by atoms with E-state index in [1.807, 2.05) is 0 Å². The third kappa shape index (κ3) is 1.12. The van der Waals surface area contributed by atoms with Crippen molar-refractivity contribution in [2.24, 2.45) is 5.73 Å². The van der Waals surface area contributed by atoms with Crippen LogP contribution in [0.1, 0.15) is 16.2 Å². The lowest BCUT2D eigenvalue weighted by molar-refractivity contribution is 0.0991. The molecule has 0 spiro atoms. The van der Waals surface area contributed by atoms with Crippen LogP contribution in [0.3, 0.4) is 0 Å². The Morgan fingerprint density at radius 1 is 1.90 bits per heavy atom. The SMILES string of the molecule is NC(=O)c1cc(CF)on1. The predicted molar refractivity (Wildman–Crippen MR) is 29.8 cm³/mol. The summed E-state index contributed by atoms with van der Waals surface area (Å²) >= 11 is 0. The van der Waals surface area contributed by atoms with Gasteiger partial charge in [0.15, 0.2) is 11.5 Å². The Balaban J connectivity index is 2.88. The molecule has 0 unspecified atom stereocenters. The van der Waals surface area contributed by atoms with Gasteiger partial charge in [-0.15, -0.1) is 0 Å². The van der Waals surface area contributed by atoms with Gasteiger partial charge in [-0.3, -0.25) is 4.79 Å². The molecule has 54 valence electrons. The van der Waals surface area contributed by atoms with Crippen LogP contribution in [0.25, 0.3) is 0 Å². The van der Waals surface area contributed by atoms with Gasteiger partial charge in [-0.1, -0.05) is 5.16 Å². The number of primary amides is 1. The molecule has 0 saturated carbocycles. The first-order valence-corrected chi connectivity index (χ1v) is 2.55. The van der Waals surface area contributed by atoms with Crippen molar-refractivity contribution < 1.29 is 13.7 Å². The number of hydrogen-bond acceptors (Lipinski definition) is 3. The summed E-state index contributed by atoms with van der Waals surface area (Å²) in [6.45, 7) is -0.777. The van der Waals surface area contributed by atoms with Crippen LogP contribution in [-0.4, -0.2) is 11.1 Å². The van der Waals surface area contributed by atoms with Crippen molar-refractivity contribution in [3.05, 3.63) is 17.5 Å². The van der Waals surface area contributed by atoms with E-state index in [1.54, 1.807) is 0 Å². The summed E-state index contributed by atoms with van der Waals surface area (Å²) in [4.78, 5) is 10.3. The molecule has 2 N–H and O–H groups in total. The van der Waals surface area contributed by atoms with Gasteiger partial charge in [-0.05, 0) is 0 Å². The van der Waals surface area contributed by atoms with Gasteiger partial charge in [0.2, 0.25) is 0 Å². The molecule has 5 heteroatoms. The zero-order chi connectivity index (χ0) is 7.56. The van der Waals surface area contributed by atoms with Crippen molar-refractivity contribution in [2.75, 3.05) is 0 Å². The number of alkyl halides is 1. The Labute approximate surface area is 55.8 Å². The summed E-state index contributed by atoms with van der Waals surface area (Å²) in [5, 5.41) is 3.20. The van der Waals surface area contributed by atoms with E-state index in [2.05, 4.69) is 9.68 Å². The maximum absolute atomic E-state index is 11.7. The fraction of sp³-hybridized carbons (Fsp3) is 0.200. The summed E-state index contributed by atoms with van der Waals surface area (Å²) in [6, 6.07) is 1.17. The molecule has 0 aliphatic heterocycles. The van der Waals surface area contributed by atoms with Gasteiger partial charge in [0, 0.05) is 6.07 Å². The summed E-state index contributed by atoms with van der Waals surface area (Å²) in [7, 11) is 0. The van der Waals surface area contributed by atoms with E-state index in [4.69, 9.17) is 5.73 Å². The lowest BCUT2D eigenvalue weighted by Gasteiger charge is -1.77. The van der Waals surface area contributed by atoms with E-state index in [-0.39, 0.29) is 11.5 Å². The molecule has 0 fully saturated rings. The number of nitrogens with two attached hydrogens (primary N) is 1. The first kappa shape index (κ1) is 6.73. The largest absolute Gasteiger partial charge is 0.364 e. The molecule has 10 heavy (non-hydrogen) atoms. The number of aromatic nitrogens is 1. The zero-order valence-corrected chi connectivity index (χ0v) is 5.00. The predicted octanol–water partition coefficient (Wildman–Crippen LogP) is 0.243. The minimum absolute atomic E-state index is 0.00815.